The maximum absolute atomic E-state index is 10.3. The number of hydrogen-bond donors (Lipinski definition) is 2. The van der Waals surface area contributed by atoms with Gasteiger partial charge in [0, 0.05) is 12.5 Å². The topological polar surface area (TPSA) is 62.5 Å². The summed E-state index contributed by atoms with van der Waals surface area (Å²) in [5, 5.41) is 11.7. The number of furan rings is 1. The minimum absolute atomic E-state index is 0.187. The van der Waals surface area contributed by atoms with E-state index in [9.17, 15) is 4.79 Å². The normalized spacial score (nSPS) is 12.7. The van der Waals surface area contributed by atoms with Crippen molar-refractivity contribution in [2.24, 2.45) is 0 Å². The van der Waals surface area contributed by atoms with Crippen LogP contribution in [-0.2, 0) is 11.3 Å². The first-order valence-electron chi connectivity index (χ1n) is 5.08. The number of hydrogen-bond acceptors (Lipinski definition) is 3. The highest BCUT2D eigenvalue weighted by atomic mass is 16.4. The van der Waals surface area contributed by atoms with E-state index in [4.69, 9.17) is 9.52 Å². The predicted octanol–water partition coefficient (Wildman–Crippen LogP) is 1.93. The first kappa shape index (κ1) is 11.8. The molecule has 0 aliphatic rings. The molecule has 2 N–H and O–H groups in total. The van der Waals surface area contributed by atoms with E-state index in [1.54, 1.807) is 0 Å². The minimum atomic E-state index is -0.752. The second-order valence-corrected chi connectivity index (χ2v) is 3.73. The largest absolute Gasteiger partial charge is 0.481 e. The Morgan fingerprint density at radius 3 is 2.87 bits per heavy atom. The summed E-state index contributed by atoms with van der Waals surface area (Å²) < 4.78 is 5.38. The van der Waals surface area contributed by atoms with Crippen LogP contribution >= 0.6 is 0 Å². The summed E-state index contributed by atoms with van der Waals surface area (Å²) >= 11 is 0. The molecule has 1 aromatic heterocycles. The van der Waals surface area contributed by atoms with Gasteiger partial charge < -0.3 is 14.8 Å². The van der Waals surface area contributed by atoms with E-state index in [-0.39, 0.29) is 12.5 Å². The van der Waals surface area contributed by atoms with E-state index < -0.39 is 5.97 Å². The first-order valence-corrected chi connectivity index (χ1v) is 5.08. The molecule has 0 bridgehead atoms. The van der Waals surface area contributed by atoms with Crippen molar-refractivity contribution in [3.05, 3.63) is 23.7 Å². The maximum Gasteiger partial charge on any atom is 0.303 e. The molecule has 1 aromatic rings. The zero-order valence-corrected chi connectivity index (χ0v) is 9.12. The summed E-state index contributed by atoms with van der Waals surface area (Å²) in [5.74, 6) is 1.03. The molecule has 0 fully saturated rings. The summed E-state index contributed by atoms with van der Waals surface area (Å²) in [6.07, 6.45) is 0.834. The first-order chi connectivity index (χ1) is 7.08. The monoisotopic (exact) mass is 211 g/mol. The number of aryl methyl sites for hydroxylation is 1. The molecule has 0 radical (unpaired) electrons. The summed E-state index contributed by atoms with van der Waals surface area (Å²) in [4.78, 5) is 10.3. The Morgan fingerprint density at radius 2 is 2.33 bits per heavy atom. The lowest BCUT2D eigenvalue weighted by molar-refractivity contribution is -0.137. The molecule has 1 rings (SSSR count). The molecule has 0 aromatic carbocycles. The van der Waals surface area contributed by atoms with Gasteiger partial charge in [0.05, 0.1) is 6.54 Å². The van der Waals surface area contributed by atoms with Gasteiger partial charge >= 0.3 is 5.97 Å². The summed E-state index contributed by atoms with van der Waals surface area (Å²) in [6, 6.07) is 4.03. The third-order valence-electron chi connectivity index (χ3n) is 2.21. The molecule has 0 saturated carbocycles. The number of aliphatic carboxylic acids is 1. The second kappa shape index (κ2) is 5.56. The molecule has 1 atom stereocenters. The molecule has 4 nitrogen and oxygen atoms in total. The molecule has 0 aliphatic carbocycles. The van der Waals surface area contributed by atoms with Crippen LogP contribution in [0, 0.1) is 6.92 Å². The van der Waals surface area contributed by atoms with E-state index >= 15 is 0 Å². The Kier molecular flexibility index (Phi) is 4.37. The van der Waals surface area contributed by atoms with Gasteiger partial charge in [-0.05, 0) is 32.4 Å². The molecule has 0 saturated heterocycles. The lowest BCUT2D eigenvalue weighted by atomic mass is 10.2. The molecule has 0 spiro atoms. The van der Waals surface area contributed by atoms with Gasteiger partial charge in [0.25, 0.3) is 0 Å². The second-order valence-electron chi connectivity index (χ2n) is 3.73. The van der Waals surface area contributed by atoms with Crippen molar-refractivity contribution in [2.45, 2.75) is 39.3 Å². The molecule has 84 valence electrons. The molecule has 15 heavy (non-hydrogen) atoms. The Hall–Kier alpha value is -1.29. The third-order valence-corrected chi connectivity index (χ3v) is 2.21. The molecule has 0 aliphatic heterocycles. The van der Waals surface area contributed by atoms with Crippen LogP contribution in [0.1, 0.15) is 31.3 Å². The quantitative estimate of drug-likeness (QED) is 0.754. The van der Waals surface area contributed by atoms with Crippen LogP contribution in [-0.4, -0.2) is 17.1 Å². The van der Waals surface area contributed by atoms with Crippen LogP contribution in [0.2, 0.25) is 0 Å². The number of rotatable bonds is 6. The predicted molar refractivity (Wildman–Crippen MR) is 56.6 cm³/mol. The molecule has 1 unspecified atom stereocenters. The van der Waals surface area contributed by atoms with Gasteiger partial charge in [0.15, 0.2) is 0 Å². The van der Waals surface area contributed by atoms with Crippen molar-refractivity contribution < 1.29 is 14.3 Å². The molecular weight excluding hydrogens is 194 g/mol. The smallest absolute Gasteiger partial charge is 0.303 e. The van der Waals surface area contributed by atoms with E-state index in [0.29, 0.717) is 13.0 Å². The lowest BCUT2D eigenvalue weighted by Gasteiger charge is -2.10. The van der Waals surface area contributed by atoms with Crippen molar-refractivity contribution in [1.29, 1.82) is 0 Å². The highest BCUT2D eigenvalue weighted by Crippen LogP contribution is 2.06. The molecule has 4 heteroatoms. The van der Waals surface area contributed by atoms with Crippen molar-refractivity contribution >= 4 is 5.97 Å². The van der Waals surface area contributed by atoms with Crippen LogP contribution in [0.5, 0.6) is 0 Å². The van der Waals surface area contributed by atoms with Crippen molar-refractivity contribution in [3.8, 4) is 0 Å². The lowest BCUT2D eigenvalue weighted by Crippen LogP contribution is -2.25. The Balaban J connectivity index is 2.22. The van der Waals surface area contributed by atoms with Gasteiger partial charge in [-0.1, -0.05) is 0 Å². The zero-order chi connectivity index (χ0) is 11.3. The van der Waals surface area contributed by atoms with E-state index in [1.165, 1.54) is 0 Å². The van der Waals surface area contributed by atoms with Gasteiger partial charge in [-0.25, -0.2) is 0 Å². The van der Waals surface area contributed by atoms with E-state index in [0.717, 1.165) is 11.5 Å². The molecular formula is C11H17NO3. The average molecular weight is 211 g/mol. The number of carboxylic acid groups (broad SMARTS) is 1. The fourth-order valence-electron chi connectivity index (χ4n) is 1.30. The number of nitrogens with one attached hydrogen (secondary N) is 1. The Labute approximate surface area is 89.3 Å². The van der Waals surface area contributed by atoms with Crippen LogP contribution in [0.4, 0.5) is 0 Å². The van der Waals surface area contributed by atoms with E-state index in [1.807, 2.05) is 26.0 Å². The minimum Gasteiger partial charge on any atom is -0.481 e. The molecule has 1 heterocycles. The Bertz CT molecular complexity index is 319. The van der Waals surface area contributed by atoms with Crippen LogP contribution in [0.15, 0.2) is 16.5 Å². The SMILES string of the molecule is Cc1ccc(CNC(C)CCC(=O)O)o1. The Morgan fingerprint density at radius 1 is 1.60 bits per heavy atom. The highest BCUT2D eigenvalue weighted by molar-refractivity contribution is 5.66. The molecule has 0 amide bonds. The van der Waals surface area contributed by atoms with Gasteiger partial charge in [-0.3, -0.25) is 4.79 Å². The van der Waals surface area contributed by atoms with Crippen LogP contribution < -0.4 is 5.32 Å². The summed E-state index contributed by atoms with van der Waals surface area (Å²) in [7, 11) is 0. The van der Waals surface area contributed by atoms with Crippen molar-refractivity contribution in [2.75, 3.05) is 0 Å². The van der Waals surface area contributed by atoms with Crippen molar-refractivity contribution in [1.82, 2.24) is 5.32 Å². The van der Waals surface area contributed by atoms with Gasteiger partial charge in [-0.15, -0.1) is 0 Å². The van der Waals surface area contributed by atoms with E-state index in [2.05, 4.69) is 5.32 Å². The summed E-state index contributed by atoms with van der Waals surface area (Å²) in [5.41, 5.74) is 0. The van der Waals surface area contributed by atoms with Crippen molar-refractivity contribution in [3.63, 3.8) is 0 Å². The number of carbonyl (C=O) groups is 1. The van der Waals surface area contributed by atoms with Gasteiger partial charge in [0.2, 0.25) is 0 Å². The fourth-order valence-corrected chi connectivity index (χ4v) is 1.30. The highest BCUT2D eigenvalue weighted by Gasteiger charge is 2.05. The van der Waals surface area contributed by atoms with Gasteiger partial charge in [0.1, 0.15) is 11.5 Å². The van der Waals surface area contributed by atoms with Gasteiger partial charge in [-0.2, -0.15) is 0 Å². The standard InChI is InChI=1S/C11H17NO3/c1-8(3-6-11(13)14)12-7-10-5-4-9(2)15-10/h4-5,8,12H,3,6-7H2,1-2H3,(H,13,14). The number of carboxylic acids is 1. The fraction of sp³-hybridized carbons (Fsp3) is 0.545. The average Bonchev–Trinajstić information content (AvgIpc) is 2.58. The van der Waals surface area contributed by atoms with Crippen LogP contribution in [0.3, 0.4) is 0 Å². The summed E-state index contributed by atoms with van der Waals surface area (Å²) in [6.45, 7) is 4.52. The maximum atomic E-state index is 10.3. The zero-order valence-electron chi connectivity index (χ0n) is 9.12. The third kappa shape index (κ3) is 4.65. The van der Waals surface area contributed by atoms with Crippen LogP contribution in [0.25, 0.3) is 0 Å².